The van der Waals surface area contributed by atoms with Crippen molar-refractivity contribution in [3.05, 3.63) is 40.6 Å². The van der Waals surface area contributed by atoms with Crippen molar-refractivity contribution in [3.8, 4) is 5.75 Å². The molecule has 0 aliphatic heterocycles. The van der Waals surface area contributed by atoms with Gasteiger partial charge in [0.1, 0.15) is 12.4 Å². The summed E-state index contributed by atoms with van der Waals surface area (Å²) in [5.74, 6) is 1.35. The molecule has 90 valence electrons. The van der Waals surface area contributed by atoms with Crippen LogP contribution in [0.1, 0.15) is 12.6 Å². The molecule has 0 spiro atoms. The van der Waals surface area contributed by atoms with Crippen molar-refractivity contribution in [2.45, 2.75) is 20.1 Å². The van der Waals surface area contributed by atoms with E-state index in [1.165, 1.54) is 0 Å². The number of aromatic nitrogens is 2. The lowest BCUT2D eigenvalue weighted by atomic mass is 10.3. The predicted molar refractivity (Wildman–Crippen MR) is 70.8 cm³/mol. The van der Waals surface area contributed by atoms with E-state index in [0.29, 0.717) is 12.6 Å². The third-order valence-electron chi connectivity index (χ3n) is 2.47. The Morgan fingerprint density at radius 3 is 3.00 bits per heavy atom. The van der Waals surface area contributed by atoms with E-state index in [0.717, 1.165) is 22.5 Å². The molecule has 0 saturated heterocycles. The van der Waals surface area contributed by atoms with Crippen LogP contribution in [0.15, 0.2) is 34.9 Å². The second kappa shape index (κ2) is 5.23. The van der Waals surface area contributed by atoms with Crippen LogP contribution in [-0.4, -0.2) is 9.55 Å². The van der Waals surface area contributed by atoms with Gasteiger partial charge in [-0.2, -0.15) is 0 Å². The van der Waals surface area contributed by atoms with Crippen LogP contribution in [-0.2, 0) is 13.2 Å². The number of ether oxygens (including phenoxy) is 1. The highest BCUT2D eigenvalue weighted by atomic mass is 79.9. The molecule has 17 heavy (non-hydrogen) atoms. The van der Waals surface area contributed by atoms with E-state index in [-0.39, 0.29) is 0 Å². The van der Waals surface area contributed by atoms with Crippen molar-refractivity contribution >= 4 is 21.9 Å². The van der Waals surface area contributed by atoms with Gasteiger partial charge in [0.2, 0.25) is 0 Å². The Labute approximate surface area is 109 Å². The van der Waals surface area contributed by atoms with Gasteiger partial charge in [-0.25, -0.2) is 4.98 Å². The van der Waals surface area contributed by atoms with Gasteiger partial charge in [-0.05, 0) is 25.1 Å². The largest absolute Gasteiger partial charge is 0.487 e. The minimum absolute atomic E-state index is 0.467. The Bertz CT molecular complexity index is 510. The highest BCUT2D eigenvalue weighted by Crippen LogP contribution is 2.19. The van der Waals surface area contributed by atoms with Crippen molar-refractivity contribution in [1.29, 1.82) is 0 Å². The van der Waals surface area contributed by atoms with Crippen molar-refractivity contribution in [2.75, 3.05) is 5.73 Å². The minimum Gasteiger partial charge on any atom is -0.487 e. The quantitative estimate of drug-likeness (QED) is 0.944. The number of anilines is 1. The van der Waals surface area contributed by atoms with E-state index < -0.39 is 0 Å². The van der Waals surface area contributed by atoms with Crippen LogP contribution in [0.4, 0.5) is 5.95 Å². The molecule has 0 saturated carbocycles. The molecular weight excluding hydrogens is 282 g/mol. The lowest BCUT2D eigenvalue weighted by Crippen LogP contribution is -2.07. The number of halogens is 1. The molecule has 0 atom stereocenters. The molecule has 0 aliphatic carbocycles. The Morgan fingerprint density at radius 1 is 1.47 bits per heavy atom. The highest BCUT2D eigenvalue weighted by molar-refractivity contribution is 9.10. The van der Waals surface area contributed by atoms with Gasteiger partial charge in [0.15, 0.2) is 5.95 Å². The summed E-state index contributed by atoms with van der Waals surface area (Å²) in [6, 6.07) is 7.74. The van der Waals surface area contributed by atoms with E-state index in [2.05, 4.69) is 20.9 Å². The summed E-state index contributed by atoms with van der Waals surface area (Å²) in [4.78, 5) is 4.07. The van der Waals surface area contributed by atoms with Gasteiger partial charge in [-0.3, -0.25) is 0 Å². The van der Waals surface area contributed by atoms with Crippen LogP contribution >= 0.6 is 15.9 Å². The van der Waals surface area contributed by atoms with E-state index in [9.17, 15) is 0 Å². The van der Waals surface area contributed by atoms with Crippen LogP contribution in [0.3, 0.4) is 0 Å². The number of nitrogens with two attached hydrogens (primary N) is 1. The second-order valence-electron chi connectivity index (χ2n) is 3.60. The molecule has 2 rings (SSSR count). The number of nitrogens with zero attached hydrogens (tertiary/aromatic N) is 2. The second-order valence-corrected chi connectivity index (χ2v) is 4.51. The highest BCUT2D eigenvalue weighted by Gasteiger charge is 2.06. The third-order valence-corrected chi connectivity index (χ3v) is 2.96. The first-order valence-electron chi connectivity index (χ1n) is 5.39. The van der Waals surface area contributed by atoms with Crippen LogP contribution in [0.5, 0.6) is 5.75 Å². The number of hydrogen-bond acceptors (Lipinski definition) is 3. The van der Waals surface area contributed by atoms with Crippen molar-refractivity contribution in [3.63, 3.8) is 0 Å². The van der Waals surface area contributed by atoms with Crippen LogP contribution in [0.2, 0.25) is 0 Å². The maximum absolute atomic E-state index is 5.73. The van der Waals surface area contributed by atoms with Crippen molar-refractivity contribution in [2.24, 2.45) is 0 Å². The zero-order valence-electron chi connectivity index (χ0n) is 9.56. The molecule has 4 nitrogen and oxygen atoms in total. The summed E-state index contributed by atoms with van der Waals surface area (Å²) >= 11 is 3.40. The zero-order chi connectivity index (χ0) is 12.3. The minimum atomic E-state index is 0.467. The molecule has 0 amide bonds. The van der Waals surface area contributed by atoms with Crippen molar-refractivity contribution < 1.29 is 4.74 Å². The molecule has 1 aromatic carbocycles. The first-order chi connectivity index (χ1) is 8.20. The lowest BCUT2D eigenvalue weighted by Gasteiger charge is -2.09. The van der Waals surface area contributed by atoms with Crippen LogP contribution in [0, 0.1) is 0 Å². The summed E-state index contributed by atoms with van der Waals surface area (Å²) < 4.78 is 8.61. The maximum atomic E-state index is 5.73. The Hall–Kier alpha value is -1.49. The number of imidazole rings is 1. The molecular formula is C12H14BrN3O. The molecule has 5 heteroatoms. The average Bonchev–Trinajstić information content (AvgIpc) is 2.67. The number of nitrogen functional groups attached to an aromatic ring is 1. The SMILES string of the molecule is CCn1c(COc2cccc(Br)c2)cnc1N. The monoisotopic (exact) mass is 295 g/mol. The van der Waals surface area contributed by atoms with E-state index in [1.807, 2.05) is 35.8 Å². The summed E-state index contributed by atoms with van der Waals surface area (Å²) in [5, 5.41) is 0. The number of hydrogen-bond donors (Lipinski definition) is 1. The fourth-order valence-electron chi connectivity index (χ4n) is 1.62. The fraction of sp³-hybridized carbons (Fsp3) is 0.250. The van der Waals surface area contributed by atoms with Gasteiger partial charge in [-0.1, -0.05) is 22.0 Å². The lowest BCUT2D eigenvalue weighted by molar-refractivity contribution is 0.295. The van der Waals surface area contributed by atoms with Gasteiger partial charge in [0.05, 0.1) is 11.9 Å². The van der Waals surface area contributed by atoms with Crippen molar-refractivity contribution in [1.82, 2.24) is 9.55 Å². The van der Waals surface area contributed by atoms with E-state index in [1.54, 1.807) is 6.20 Å². The van der Waals surface area contributed by atoms with Crippen LogP contribution < -0.4 is 10.5 Å². The molecule has 0 bridgehead atoms. The molecule has 2 aromatic rings. The molecule has 0 fully saturated rings. The molecule has 0 radical (unpaired) electrons. The number of rotatable bonds is 4. The Morgan fingerprint density at radius 2 is 2.29 bits per heavy atom. The van der Waals surface area contributed by atoms with Gasteiger partial charge in [0.25, 0.3) is 0 Å². The predicted octanol–water partition coefficient (Wildman–Crippen LogP) is 2.83. The van der Waals surface area contributed by atoms with Gasteiger partial charge in [-0.15, -0.1) is 0 Å². The van der Waals surface area contributed by atoms with Gasteiger partial charge in [0, 0.05) is 11.0 Å². The topological polar surface area (TPSA) is 53.1 Å². The summed E-state index contributed by atoms with van der Waals surface area (Å²) in [5.41, 5.74) is 6.71. The molecule has 0 unspecified atom stereocenters. The van der Waals surface area contributed by atoms with Gasteiger partial charge >= 0.3 is 0 Å². The third kappa shape index (κ3) is 2.79. The smallest absolute Gasteiger partial charge is 0.200 e. The zero-order valence-corrected chi connectivity index (χ0v) is 11.1. The fourth-order valence-corrected chi connectivity index (χ4v) is 2.00. The first-order valence-corrected chi connectivity index (χ1v) is 6.18. The Kier molecular flexibility index (Phi) is 3.68. The van der Waals surface area contributed by atoms with E-state index >= 15 is 0 Å². The average molecular weight is 296 g/mol. The first kappa shape index (κ1) is 12.0. The van der Waals surface area contributed by atoms with E-state index in [4.69, 9.17) is 10.5 Å². The van der Waals surface area contributed by atoms with Crippen LogP contribution in [0.25, 0.3) is 0 Å². The molecule has 0 aliphatic rings. The molecule has 1 heterocycles. The Balaban J connectivity index is 2.07. The summed E-state index contributed by atoms with van der Waals surface area (Å²) in [6.07, 6.45) is 1.75. The maximum Gasteiger partial charge on any atom is 0.200 e. The standard InChI is InChI=1S/C12H14BrN3O/c1-2-16-10(7-15-12(16)14)8-17-11-5-3-4-9(13)6-11/h3-7H,2,8H2,1H3,(H2,14,15). The summed E-state index contributed by atoms with van der Waals surface area (Å²) in [7, 11) is 0. The summed E-state index contributed by atoms with van der Waals surface area (Å²) in [6.45, 7) is 3.29. The normalized spacial score (nSPS) is 10.5. The number of benzene rings is 1. The van der Waals surface area contributed by atoms with Gasteiger partial charge < -0.3 is 15.0 Å². The molecule has 2 N–H and O–H groups in total. The molecule has 1 aromatic heterocycles.